The number of anilines is 1. The van der Waals surface area contributed by atoms with Gasteiger partial charge in [-0.1, -0.05) is 12.8 Å². The molecule has 0 aliphatic carbocycles. The number of amides is 1. The number of carbonyl (C=O) groups is 1. The lowest BCUT2D eigenvalue weighted by Gasteiger charge is -2.19. The number of hydrogen-bond donors (Lipinski definition) is 1. The van der Waals surface area contributed by atoms with Crippen LogP contribution in [0.15, 0.2) is 24.3 Å². The van der Waals surface area contributed by atoms with E-state index in [-0.39, 0.29) is 12.5 Å². The van der Waals surface area contributed by atoms with E-state index in [0.29, 0.717) is 18.0 Å². The number of ether oxygens (including phenoxy) is 1. The van der Waals surface area contributed by atoms with E-state index in [4.69, 9.17) is 4.74 Å². The minimum atomic E-state index is -3.29. The molecule has 1 aromatic carbocycles. The molecule has 1 fully saturated rings. The molecule has 0 unspecified atom stereocenters. The molecule has 0 aromatic heterocycles. The van der Waals surface area contributed by atoms with Crippen molar-refractivity contribution in [1.29, 1.82) is 0 Å². The molecule has 1 heterocycles. The predicted molar refractivity (Wildman–Crippen MR) is 108 cm³/mol. The first-order chi connectivity index (χ1) is 12.9. The second kappa shape index (κ2) is 10.5. The zero-order valence-corrected chi connectivity index (χ0v) is 17.1. The molecule has 1 aliphatic rings. The smallest absolute Gasteiger partial charge is 0.257 e. The van der Waals surface area contributed by atoms with Gasteiger partial charge in [0.15, 0.2) is 6.61 Å². The molecule has 0 radical (unpaired) electrons. The van der Waals surface area contributed by atoms with Gasteiger partial charge in [-0.2, -0.15) is 0 Å². The summed E-state index contributed by atoms with van der Waals surface area (Å²) in [6.07, 6.45) is 7.30. The van der Waals surface area contributed by atoms with Gasteiger partial charge in [-0.25, -0.2) is 8.42 Å². The molecule has 1 N–H and O–H groups in total. The van der Waals surface area contributed by atoms with Crippen LogP contribution in [0.5, 0.6) is 5.75 Å². The molecule has 1 aromatic rings. The number of benzene rings is 1. The zero-order valence-electron chi connectivity index (χ0n) is 16.3. The van der Waals surface area contributed by atoms with E-state index >= 15 is 0 Å². The Morgan fingerprint density at radius 1 is 1.15 bits per heavy atom. The van der Waals surface area contributed by atoms with Gasteiger partial charge in [0.25, 0.3) is 5.91 Å². The van der Waals surface area contributed by atoms with E-state index in [1.807, 2.05) is 0 Å². The molecule has 8 heteroatoms. The Bertz CT molecular complexity index is 683. The van der Waals surface area contributed by atoms with E-state index in [1.165, 1.54) is 50.1 Å². The number of nitrogens with one attached hydrogen (secondary N) is 1. The van der Waals surface area contributed by atoms with Gasteiger partial charge in [0, 0.05) is 13.6 Å². The van der Waals surface area contributed by atoms with Crippen LogP contribution >= 0.6 is 0 Å². The maximum atomic E-state index is 11.9. The Kier molecular flexibility index (Phi) is 8.37. The average Bonchev–Trinajstić information content (AvgIpc) is 2.91. The number of hydrogen-bond acceptors (Lipinski definition) is 5. The van der Waals surface area contributed by atoms with Crippen LogP contribution in [0, 0.1) is 0 Å². The lowest BCUT2D eigenvalue weighted by Crippen LogP contribution is -2.33. The van der Waals surface area contributed by atoms with Crippen molar-refractivity contribution in [3.05, 3.63) is 24.3 Å². The monoisotopic (exact) mass is 397 g/mol. The third-order valence-electron chi connectivity index (χ3n) is 4.74. The summed E-state index contributed by atoms with van der Waals surface area (Å²) in [5.74, 6) is 0.378. The first-order valence-corrected chi connectivity index (χ1v) is 11.4. The molecule has 1 amide bonds. The van der Waals surface area contributed by atoms with Crippen LogP contribution in [0.1, 0.15) is 32.1 Å². The molecule has 152 valence electrons. The van der Waals surface area contributed by atoms with Crippen LogP contribution in [0.4, 0.5) is 5.69 Å². The van der Waals surface area contributed by atoms with E-state index in [2.05, 4.69) is 10.2 Å². The highest BCUT2D eigenvalue weighted by Crippen LogP contribution is 2.20. The van der Waals surface area contributed by atoms with Crippen molar-refractivity contribution < 1.29 is 17.9 Å². The minimum absolute atomic E-state index is 0.0506. The number of carbonyl (C=O) groups excluding carboxylic acids is 1. The van der Waals surface area contributed by atoms with Crippen molar-refractivity contribution >= 4 is 21.6 Å². The highest BCUT2D eigenvalue weighted by Gasteiger charge is 2.12. The second-order valence-corrected chi connectivity index (χ2v) is 8.99. The van der Waals surface area contributed by atoms with Crippen LogP contribution < -0.4 is 14.4 Å². The van der Waals surface area contributed by atoms with Gasteiger partial charge in [0.1, 0.15) is 5.75 Å². The standard InChI is InChI=1S/C19H31N3O4S/c1-21(27(2,24)25)17-8-10-18(11-9-17)26-16-19(23)20-12-7-15-22-13-5-3-4-6-14-22/h8-11H,3-7,12-16H2,1-2H3,(H,20,23). The largest absolute Gasteiger partial charge is 0.484 e. The maximum Gasteiger partial charge on any atom is 0.257 e. The quantitative estimate of drug-likeness (QED) is 0.644. The van der Waals surface area contributed by atoms with Crippen LogP contribution in [-0.4, -0.2) is 65.3 Å². The third-order valence-corrected chi connectivity index (χ3v) is 5.95. The summed E-state index contributed by atoms with van der Waals surface area (Å²) < 4.78 is 29.7. The molecule has 1 aliphatic heterocycles. The highest BCUT2D eigenvalue weighted by atomic mass is 32.2. The molecule has 7 nitrogen and oxygen atoms in total. The van der Waals surface area contributed by atoms with Gasteiger partial charge in [0.05, 0.1) is 11.9 Å². The van der Waals surface area contributed by atoms with E-state index < -0.39 is 10.0 Å². The first-order valence-electron chi connectivity index (χ1n) is 9.52. The van der Waals surface area contributed by atoms with Crippen LogP contribution in [0.25, 0.3) is 0 Å². The summed E-state index contributed by atoms with van der Waals surface area (Å²) >= 11 is 0. The topological polar surface area (TPSA) is 79.0 Å². The van der Waals surface area contributed by atoms with Gasteiger partial charge >= 0.3 is 0 Å². The van der Waals surface area contributed by atoms with Crippen molar-refractivity contribution in [2.24, 2.45) is 0 Å². The van der Waals surface area contributed by atoms with Crippen LogP contribution in [0.3, 0.4) is 0 Å². The van der Waals surface area contributed by atoms with Crippen molar-refractivity contribution in [2.45, 2.75) is 32.1 Å². The van der Waals surface area contributed by atoms with Crippen molar-refractivity contribution in [3.63, 3.8) is 0 Å². The summed E-state index contributed by atoms with van der Waals surface area (Å²) in [6, 6.07) is 6.61. The zero-order chi connectivity index (χ0) is 19.7. The average molecular weight is 398 g/mol. The van der Waals surface area contributed by atoms with E-state index in [9.17, 15) is 13.2 Å². The molecule has 0 atom stereocenters. The predicted octanol–water partition coefficient (Wildman–Crippen LogP) is 1.84. The summed E-state index contributed by atoms with van der Waals surface area (Å²) in [7, 11) is -1.80. The van der Waals surface area contributed by atoms with Gasteiger partial charge < -0.3 is 15.0 Å². The molecular formula is C19H31N3O4S. The second-order valence-electron chi connectivity index (χ2n) is 6.97. The normalized spacial score (nSPS) is 15.8. The Labute approximate surface area is 162 Å². The van der Waals surface area contributed by atoms with E-state index in [1.54, 1.807) is 24.3 Å². The van der Waals surface area contributed by atoms with Crippen LogP contribution in [0.2, 0.25) is 0 Å². The lowest BCUT2D eigenvalue weighted by atomic mass is 10.2. The highest BCUT2D eigenvalue weighted by molar-refractivity contribution is 7.92. The summed E-state index contributed by atoms with van der Waals surface area (Å²) in [5.41, 5.74) is 0.544. The number of sulfonamides is 1. The molecule has 0 saturated carbocycles. The Balaban J connectivity index is 1.65. The molecule has 0 spiro atoms. The van der Waals surface area contributed by atoms with E-state index in [0.717, 1.165) is 19.2 Å². The fourth-order valence-corrected chi connectivity index (χ4v) is 3.54. The van der Waals surface area contributed by atoms with Crippen molar-refractivity contribution in [1.82, 2.24) is 10.2 Å². The molecular weight excluding hydrogens is 366 g/mol. The third kappa shape index (κ3) is 7.76. The number of nitrogens with zero attached hydrogens (tertiary/aromatic N) is 2. The van der Waals surface area contributed by atoms with Crippen LogP contribution in [-0.2, 0) is 14.8 Å². The Morgan fingerprint density at radius 2 is 1.78 bits per heavy atom. The summed E-state index contributed by atoms with van der Waals surface area (Å²) in [5, 5.41) is 2.88. The van der Waals surface area contributed by atoms with Gasteiger partial charge in [-0.3, -0.25) is 9.10 Å². The maximum absolute atomic E-state index is 11.9. The molecule has 27 heavy (non-hydrogen) atoms. The fraction of sp³-hybridized carbons (Fsp3) is 0.632. The molecule has 2 rings (SSSR count). The number of likely N-dealkylation sites (tertiary alicyclic amines) is 1. The number of rotatable bonds is 9. The Morgan fingerprint density at radius 3 is 2.37 bits per heavy atom. The summed E-state index contributed by atoms with van der Waals surface area (Å²) in [6.45, 7) is 3.96. The lowest BCUT2D eigenvalue weighted by molar-refractivity contribution is -0.123. The van der Waals surface area contributed by atoms with Gasteiger partial charge in [-0.15, -0.1) is 0 Å². The SMILES string of the molecule is CN(c1ccc(OCC(=O)NCCCN2CCCCCC2)cc1)S(C)(=O)=O. The summed E-state index contributed by atoms with van der Waals surface area (Å²) in [4.78, 5) is 14.4. The van der Waals surface area contributed by atoms with Gasteiger partial charge in [-0.05, 0) is 63.2 Å². The first kappa shape index (κ1) is 21.5. The molecule has 0 bridgehead atoms. The van der Waals surface area contributed by atoms with Crippen molar-refractivity contribution in [3.8, 4) is 5.75 Å². The van der Waals surface area contributed by atoms with Gasteiger partial charge in [0.2, 0.25) is 10.0 Å². The molecule has 1 saturated heterocycles. The fourth-order valence-electron chi connectivity index (χ4n) is 3.03. The van der Waals surface area contributed by atoms with Crippen molar-refractivity contribution in [2.75, 3.05) is 50.4 Å². The minimum Gasteiger partial charge on any atom is -0.484 e. The Hall–Kier alpha value is -1.80.